The average Bonchev–Trinajstić information content (AvgIpc) is 3.00. The van der Waals surface area contributed by atoms with Gasteiger partial charge in [-0.1, -0.05) is 54.6 Å². The molecule has 0 bridgehead atoms. The van der Waals surface area contributed by atoms with Crippen LogP contribution in [0.5, 0.6) is 34.5 Å². The number of hydrogen-bond acceptors (Lipinski definition) is 6. The third-order valence-electron chi connectivity index (χ3n) is 7.29. The van der Waals surface area contributed by atoms with E-state index in [1.165, 1.54) is 18.2 Å². The number of phenols is 6. The molecule has 0 saturated carbocycles. The molecule has 6 aromatic rings. The molecule has 0 aromatic heterocycles. The lowest BCUT2D eigenvalue weighted by Crippen LogP contribution is -1.90. The van der Waals surface area contributed by atoms with Gasteiger partial charge in [-0.3, -0.25) is 0 Å². The third kappa shape index (κ3) is 5.05. The zero-order valence-corrected chi connectivity index (χ0v) is 22.2. The predicted molar refractivity (Wildman–Crippen MR) is 164 cm³/mol. The monoisotopic (exact) mass is 554 g/mol. The van der Waals surface area contributed by atoms with Gasteiger partial charge in [0.15, 0.2) is 0 Å². The summed E-state index contributed by atoms with van der Waals surface area (Å²) < 4.78 is 0. The Kier molecular flexibility index (Phi) is 6.65. The Balaban J connectivity index is 1.49. The van der Waals surface area contributed by atoms with Crippen LogP contribution in [0.1, 0.15) is 0 Å². The molecule has 0 aliphatic carbocycles. The first-order chi connectivity index (χ1) is 20.3. The Labute approximate surface area is 241 Å². The van der Waals surface area contributed by atoms with Crippen molar-refractivity contribution in [2.75, 3.05) is 0 Å². The maximum Gasteiger partial charge on any atom is 0.131 e. The number of aromatic hydroxyl groups is 6. The molecule has 0 saturated heterocycles. The molecule has 0 amide bonds. The Morgan fingerprint density at radius 2 is 0.595 bits per heavy atom. The van der Waals surface area contributed by atoms with Gasteiger partial charge in [-0.15, -0.1) is 0 Å². The summed E-state index contributed by atoms with van der Waals surface area (Å²) in [6, 6.07) is 34.0. The van der Waals surface area contributed by atoms with Gasteiger partial charge in [-0.05, 0) is 100 Å². The van der Waals surface area contributed by atoms with Crippen LogP contribution in [-0.2, 0) is 0 Å². The van der Waals surface area contributed by atoms with Gasteiger partial charge < -0.3 is 30.6 Å². The molecule has 6 nitrogen and oxygen atoms in total. The molecule has 0 heterocycles. The van der Waals surface area contributed by atoms with Gasteiger partial charge in [0.05, 0.1) is 0 Å². The highest BCUT2D eigenvalue weighted by Gasteiger charge is 2.20. The fourth-order valence-corrected chi connectivity index (χ4v) is 5.05. The van der Waals surface area contributed by atoms with E-state index in [2.05, 4.69) is 0 Å². The van der Waals surface area contributed by atoms with Crippen LogP contribution >= 0.6 is 0 Å². The van der Waals surface area contributed by atoms with Crippen LogP contribution in [0.15, 0.2) is 121 Å². The lowest BCUT2D eigenvalue weighted by atomic mass is 9.90. The zero-order chi connectivity index (χ0) is 29.4. The van der Waals surface area contributed by atoms with E-state index in [9.17, 15) is 30.6 Å². The summed E-state index contributed by atoms with van der Waals surface area (Å²) in [6.07, 6.45) is 0. The summed E-state index contributed by atoms with van der Waals surface area (Å²) >= 11 is 0. The highest BCUT2D eigenvalue weighted by atomic mass is 16.3. The summed E-state index contributed by atoms with van der Waals surface area (Å²) in [5, 5.41) is 62.7. The lowest BCUT2D eigenvalue weighted by Gasteiger charge is -2.17. The largest absolute Gasteiger partial charge is 0.508 e. The van der Waals surface area contributed by atoms with Gasteiger partial charge >= 0.3 is 0 Å². The van der Waals surface area contributed by atoms with Crippen LogP contribution in [0.4, 0.5) is 0 Å². The van der Waals surface area contributed by atoms with Gasteiger partial charge in [0.2, 0.25) is 0 Å². The second-order valence-electron chi connectivity index (χ2n) is 10.0. The van der Waals surface area contributed by atoms with Gasteiger partial charge in [-0.2, -0.15) is 0 Å². The maximum absolute atomic E-state index is 11.5. The molecule has 206 valence electrons. The third-order valence-corrected chi connectivity index (χ3v) is 7.29. The van der Waals surface area contributed by atoms with Crippen LogP contribution < -0.4 is 0 Å². The van der Waals surface area contributed by atoms with Crippen molar-refractivity contribution in [2.45, 2.75) is 0 Å². The van der Waals surface area contributed by atoms with E-state index in [0.29, 0.717) is 16.7 Å². The minimum absolute atomic E-state index is 0.0521. The second kappa shape index (κ2) is 10.6. The molecule has 0 aliphatic heterocycles. The van der Waals surface area contributed by atoms with Gasteiger partial charge in [0.1, 0.15) is 34.5 Å². The summed E-state index contributed by atoms with van der Waals surface area (Å²) in [5.74, 6) is -0.155. The van der Waals surface area contributed by atoms with Crippen molar-refractivity contribution >= 4 is 0 Å². The highest BCUT2D eigenvalue weighted by Crippen LogP contribution is 2.47. The van der Waals surface area contributed by atoms with Crippen molar-refractivity contribution in [3.63, 3.8) is 0 Å². The van der Waals surface area contributed by atoms with Gasteiger partial charge in [-0.25, -0.2) is 0 Å². The molecule has 0 radical (unpaired) electrons. The van der Waals surface area contributed by atoms with Crippen LogP contribution in [-0.4, -0.2) is 30.6 Å². The van der Waals surface area contributed by atoms with E-state index in [1.807, 2.05) is 36.4 Å². The molecule has 0 atom stereocenters. The van der Waals surface area contributed by atoms with Crippen LogP contribution in [0, 0.1) is 0 Å². The topological polar surface area (TPSA) is 121 Å². The standard InChI is InChI=1S/C36H26O6/c37-27-10-5-22(6-11-27)21-1-3-23(4-2-21)25-9-15-34(40)30(17-25)32-18-26(24-7-12-28(38)13-8-24)19-33(36(32)42)31-20-29(39)14-16-35(31)41/h1-20,37-42H. The second-order valence-corrected chi connectivity index (χ2v) is 10.0. The van der Waals surface area contributed by atoms with E-state index >= 15 is 0 Å². The van der Waals surface area contributed by atoms with Gasteiger partial charge in [0, 0.05) is 22.3 Å². The van der Waals surface area contributed by atoms with Crippen LogP contribution in [0.3, 0.4) is 0 Å². The first-order valence-electron chi connectivity index (χ1n) is 13.2. The van der Waals surface area contributed by atoms with E-state index in [1.54, 1.807) is 66.7 Å². The fourth-order valence-electron chi connectivity index (χ4n) is 5.05. The molecule has 6 N–H and O–H groups in total. The van der Waals surface area contributed by atoms with Crippen molar-refractivity contribution in [1.29, 1.82) is 0 Å². The fraction of sp³-hybridized carbons (Fsp3) is 0. The first kappa shape index (κ1) is 26.3. The Morgan fingerprint density at radius 3 is 1.12 bits per heavy atom. The first-order valence-corrected chi connectivity index (χ1v) is 13.2. The highest BCUT2D eigenvalue weighted by molar-refractivity contribution is 5.92. The number of rotatable bonds is 5. The Bertz CT molecular complexity index is 1910. The molecule has 0 unspecified atom stereocenters. The van der Waals surface area contributed by atoms with Gasteiger partial charge in [0.25, 0.3) is 0 Å². The Morgan fingerprint density at radius 1 is 0.262 bits per heavy atom. The van der Waals surface area contributed by atoms with Crippen LogP contribution in [0.2, 0.25) is 0 Å². The predicted octanol–water partition coefficient (Wildman–Crippen LogP) is 8.26. The van der Waals surface area contributed by atoms with E-state index < -0.39 is 0 Å². The van der Waals surface area contributed by atoms with Crippen LogP contribution in [0.25, 0.3) is 55.6 Å². The molecule has 42 heavy (non-hydrogen) atoms. The SMILES string of the molecule is Oc1ccc(-c2ccc(-c3ccc(O)c(-c4cc(-c5ccc(O)cc5)cc(-c5cc(O)ccc5O)c4O)c3)cc2)cc1. The molecule has 6 heteroatoms. The maximum atomic E-state index is 11.5. The van der Waals surface area contributed by atoms with Crippen molar-refractivity contribution in [3.8, 4) is 90.1 Å². The van der Waals surface area contributed by atoms with Crippen molar-refractivity contribution in [3.05, 3.63) is 121 Å². The minimum atomic E-state index is -0.187. The summed E-state index contributed by atoms with van der Waals surface area (Å²) in [5.41, 5.74) is 6.18. The molecular weight excluding hydrogens is 528 g/mol. The van der Waals surface area contributed by atoms with Crippen molar-refractivity contribution < 1.29 is 30.6 Å². The smallest absolute Gasteiger partial charge is 0.131 e. The van der Waals surface area contributed by atoms with Crippen molar-refractivity contribution in [2.24, 2.45) is 0 Å². The van der Waals surface area contributed by atoms with Crippen molar-refractivity contribution in [1.82, 2.24) is 0 Å². The van der Waals surface area contributed by atoms with E-state index in [0.717, 1.165) is 27.8 Å². The summed E-state index contributed by atoms with van der Waals surface area (Å²) in [6.45, 7) is 0. The molecule has 0 spiro atoms. The van der Waals surface area contributed by atoms with E-state index in [-0.39, 0.29) is 45.6 Å². The van der Waals surface area contributed by atoms with E-state index in [4.69, 9.17) is 0 Å². The molecule has 6 aromatic carbocycles. The lowest BCUT2D eigenvalue weighted by molar-refractivity contribution is 0.459. The number of hydrogen-bond donors (Lipinski definition) is 6. The molecule has 6 rings (SSSR count). The molecule has 0 aliphatic rings. The quantitative estimate of drug-likeness (QED) is 0.119. The zero-order valence-electron chi connectivity index (χ0n) is 22.2. The normalized spacial score (nSPS) is 11.0. The summed E-state index contributed by atoms with van der Waals surface area (Å²) in [4.78, 5) is 0. The molecular formula is C36H26O6. The molecule has 0 fully saturated rings. The average molecular weight is 555 g/mol. The minimum Gasteiger partial charge on any atom is -0.508 e. The summed E-state index contributed by atoms with van der Waals surface area (Å²) in [7, 11) is 0. The number of benzene rings is 6. The number of phenolic OH excluding ortho intramolecular Hbond substituents is 6. The Hall–Kier alpha value is -5.88.